The van der Waals surface area contributed by atoms with E-state index in [1.165, 1.54) is 25.7 Å². The van der Waals surface area contributed by atoms with Crippen LogP contribution < -0.4 is 0 Å². The van der Waals surface area contributed by atoms with Crippen LogP contribution in [0.3, 0.4) is 0 Å². The molecule has 2 aliphatic rings. The van der Waals surface area contributed by atoms with E-state index in [-0.39, 0.29) is 0 Å². The molecule has 2 heteroatoms. The zero-order valence-electron chi connectivity index (χ0n) is 8.62. The van der Waals surface area contributed by atoms with E-state index < -0.39 is 0 Å². The number of ether oxygens (including phenoxy) is 1. The Morgan fingerprint density at radius 2 is 2.08 bits per heavy atom. The summed E-state index contributed by atoms with van der Waals surface area (Å²) in [7, 11) is 0. The summed E-state index contributed by atoms with van der Waals surface area (Å²) in [4.78, 5) is 0. The highest BCUT2D eigenvalue weighted by Gasteiger charge is 2.39. The average Bonchev–Trinajstić information content (AvgIpc) is 2.79. The molecule has 0 N–H and O–H groups in total. The predicted molar refractivity (Wildman–Crippen MR) is 51.9 cm³/mol. The highest BCUT2D eigenvalue weighted by Crippen LogP contribution is 2.48. The van der Waals surface area contributed by atoms with E-state index in [1.807, 2.05) is 13.8 Å². The molecular formula is C11H19NO. The van der Waals surface area contributed by atoms with Gasteiger partial charge in [-0.05, 0) is 37.0 Å². The minimum atomic E-state index is 0.678. The first-order valence-electron chi connectivity index (χ1n) is 5.41. The first kappa shape index (κ1) is 10.4. The SMILES string of the molecule is CC.N#COCC1CC2CCC1C2. The van der Waals surface area contributed by atoms with Crippen molar-refractivity contribution >= 4 is 0 Å². The second kappa shape index (κ2) is 5.11. The molecule has 13 heavy (non-hydrogen) atoms. The quantitative estimate of drug-likeness (QED) is 0.613. The lowest BCUT2D eigenvalue weighted by Gasteiger charge is -2.19. The largest absolute Gasteiger partial charge is 0.427 e. The van der Waals surface area contributed by atoms with Gasteiger partial charge in [0.15, 0.2) is 0 Å². The lowest BCUT2D eigenvalue weighted by Crippen LogP contribution is -2.15. The Bertz CT molecular complexity index is 185. The first-order valence-corrected chi connectivity index (χ1v) is 5.41. The van der Waals surface area contributed by atoms with E-state index in [0.29, 0.717) is 12.5 Å². The zero-order chi connectivity index (χ0) is 9.68. The van der Waals surface area contributed by atoms with Gasteiger partial charge in [0.1, 0.15) is 6.61 Å². The van der Waals surface area contributed by atoms with Crippen molar-refractivity contribution in [2.24, 2.45) is 17.8 Å². The zero-order valence-corrected chi connectivity index (χ0v) is 8.62. The Morgan fingerprint density at radius 3 is 2.54 bits per heavy atom. The van der Waals surface area contributed by atoms with Crippen molar-refractivity contribution in [3.8, 4) is 6.26 Å². The third kappa shape index (κ3) is 2.37. The monoisotopic (exact) mass is 181 g/mol. The number of fused-ring (bicyclic) bond motifs is 2. The maximum Gasteiger partial charge on any atom is 0.286 e. The van der Waals surface area contributed by atoms with E-state index in [0.717, 1.165) is 11.8 Å². The molecule has 3 unspecified atom stereocenters. The molecular weight excluding hydrogens is 162 g/mol. The number of nitriles is 1. The molecule has 0 aromatic heterocycles. The molecule has 2 bridgehead atoms. The van der Waals surface area contributed by atoms with Gasteiger partial charge in [-0.3, -0.25) is 0 Å². The standard InChI is InChI=1S/C9H13NO.C2H6/c10-6-11-5-9-4-7-1-2-8(9)3-7;1-2/h7-9H,1-5H2;1-2H3. The van der Waals surface area contributed by atoms with Crippen LogP contribution in [0.2, 0.25) is 0 Å². The van der Waals surface area contributed by atoms with Crippen LogP contribution >= 0.6 is 0 Å². The van der Waals surface area contributed by atoms with E-state index in [1.54, 1.807) is 6.26 Å². The second-order valence-corrected chi connectivity index (χ2v) is 3.84. The van der Waals surface area contributed by atoms with Crippen LogP contribution in [0.1, 0.15) is 39.5 Å². The average molecular weight is 181 g/mol. The Hall–Kier alpha value is -0.710. The molecule has 0 radical (unpaired) electrons. The fourth-order valence-corrected chi connectivity index (χ4v) is 2.72. The highest BCUT2D eigenvalue weighted by atomic mass is 16.5. The smallest absolute Gasteiger partial charge is 0.286 e. The van der Waals surface area contributed by atoms with Crippen molar-refractivity contribution in [2.45, 2.75) is 39.5 Å². The topological polar surface area (TPSA) is 33.0 Å². The van der Waals surface area contributed by atoms with Gasteiger partial charge in [-0.25, -0.2) is 0 Å². The summed E-state index contributed by atoms with van der Waals surface area (Å²) in [5, 5.41) is 8.22. The van der Waals surface area contributed by atoms with Crippen LogP contribution in [-0.2, 0) is 4.74 Å². The third-order valence-corrected chi connectivity index (χ3v) is 3.25. The summed E-state index contributed by atoms with van der Waals surface area (Å²) in [6.45, 7) is 4.68. The molecule has 0 heterocycles. The summed E-state index contributed by atoms with van der Waals surface area (Å²) < 4.78 is 4.78. The molecule has 74 valence electrons. The minimum Gasteiger partial charge on any atom is -0.427 e. The van der Waals surface area contributed by atoms with Crippen molar-refractivity contribution in [1.29, 1.82) is 5.26 Å². The molecule has 0 aliphatic heterocycles. The molecule has 2 nitrogen and oxygen atoms in total. The van der Waals surface area contributed by atoms with Gasteiger partial charge in [-0.15, -0.1) is 0 Å². The molecule has 0 saturated heterocycles. The van der Waals surface area contributed by atoms with Gasteiger partial charge in [-0.2, -0.15) is 5.26 Å². The lowest BCUT2D eigenvalue weighted by atomic mass is 9.90. The molecule has 2 rings (SSSR count). The Kier molecular flexibility index (Phi) is 4.08. The summed E-state index contributed by atoms with van der Waals surface area (Å²) in [5.41, 5.74) is 0. The van der Waals surface area contributed by atoms with Crippen molar-refractivity contribution in [3.63, 3.8) is 0 Å². The Labute approximate surface area is 80.9 Å². The van der Waals surface area contributed by atoms with E-state index >= 15 is 0 Å². The fraction of sp³-hybridized carbons (Fsp3) is 0.909. The normalized spacial score (nSPS) is 34.7. The van der Waals surface area contributed by atoms with Crippen molar-refractivity contribution in [3.05, 3.63) is 0 Å². The molecule has 0 amide bonds. The summed E-state index contributed by atoms with van der Waals surface area (Å²) in [6.07, 6.45) is 7.27. The van der Waals surface area contributed by atoms with Crippen LogP contribution in [0.5, 0.6) is 0 Å². The molecule has 2 aliphatic carbocycles. The van der Waals surface area contributed by atoms with Gasteiger partial charge in [0.05, 0.1) is 0 Å². The third-order valence-electron chi connectivity index (χ3n) is 3.25. The number of rotatable bonds is 2. The van der Waals surface area contributed by atoms with Gasteiger partial charge >= 0.3 is 0 Å². The second-order valence-electron chi connectivity index (χ2n) is 3.84. The highest BCUT2D eigenvalue weighted by molar-refractivity contribution is 4.89. The minimum absolute atomic E-state index is 0.678. The summed E-state index contributed by atoms with van der Waals surface area (Å²) in [5.74, 6) is 2.55. The van der Waals surface area contributed by atoms with E-state index in [4.69, 9.17) is 10.00 Å². The lowest BCUT2D eigenvalue weighted by molar-refractivity contribution is 0.167. The molecule has 2 saturated carbocycles. The van der Waals surface area contributed by atoms with Crippen LogP contribution in [-0.4, -0.2) is 6.61 Å². The van der Waals surface area contributed by atoms with Gasteiger partial charge < -0.3 is 4.74 Å². The van der Waals surface area contributed by atoms with Crippen LogP contribution in [0.25, 0.3) is 0 Å². The molecule has 0 spiro atoms. The number of nitrogens with zero attached hydrogens (tertiary/aromatic N) is 1. The van der Waals surface area contributed by atoms with Crippen molar-refractivity contribution in [1.82, 2.24) is 0 Å². The van der Waals surface area contributed by atoms with Gasteiger partial charge in [0.25, 0.3) is 6.26 Å². The van der Waals surface area contributed by atoms with Crippen LogP contribution in [0, 0.1) is 29.3 Å². The Morgan fingerprint density at radius 1 is 1.31 bits per heavy atom. The van der Waals surface area contributed by atoms with Gasteiger partial charge in [0, 0.05) is 0 Å². The summed E-state index contributed by atoms with van der Waals surface area (Å²) in [6, 6.07) is 0. The molecule has 0 aromatic rings. The molecule has 2 fully saturated rings. The number of hydrogen-bond donors (Lipinski definition) is 0. The van der Waals surface area contributed by atoms with Crippen LogP contribution in [0.4, 0.5) is 0 Å². The van der Waals surface area contributed by atoms with Gasteiger partial charge in [0.2, 0.25) is 0 Å². The van der Waals surface area contributed by atoms with Gasteiger partial charge in [-0.1, -0.05) is 20.3 Å². The van der Waals surface area contributed by atoms with Crippen molar-refractivity contribution < 1.29 is 4.74 Å². The number of hydrogen-bond acceptors (Lipinski definition) is 2. The Balaban J connectivity index is 0.000000396. The first-order chi connectivity index (χ1) is 6.40. The fourth-order valence-electron chi connectivity index (χ4n) is 2.72. The van der Waals surface area contributed by atoms with E-state index in [9.17, 15) is 0 Å². The summed E-state index contributed by atoms with van der Waals surface area (Å²) >= 11 is 0. The molecule has 3 atom stereocenters. The van der Waals surface area contributed by atoms with E-state index in [2.05, 4.69) is 0 Å². The maximum atomic E-state index is 8.22. The van der Waals surface area contributed by atoms with Crippen molar-refractivity contribution in [2.75, 3.05) is 6.61 Å². The maximum absolute atomic E-state index is 8.22. The predicted octanol–water partition coefficient (Wildman–Crippen LogP) is 2.95. The molecule has 0 aromatic carbocycles. The van der Waals surface area contributed by atoms with Crippen LogP contribution in [0.15, 0.2) is 0 Å².